The first-order valence-electron chi connectivity index (χ1n) is 9.39. The molecule has 0 N–H and O–H groups in total. The lowest BCUT2D eigenvalue weighted by molar-refractivity contribution is 0.00430. The van der Waals surface area contributed by atoms with Crippen molar-refractivity contribution in [2.75, 3.05) is 6.61 Å². The van der Waals surface area contributed by atoms with Gasteiger partial charge in [-0.25, -0.2) is 4.79 Å². The second kappa shape index (κ2) is 6.15. The molecule has 2 aliphatic rings. The lowest BCUT2D eigenvalue weighted by atomic mass is 9.74. The minimum absolute atomic E-state index is 0.0747. The number of hydrogen-bond donors (Lipinski definition) is 0. The van der Waals surface area contributed by atoms with Gasteiger partial charge in [0.15, 0.2) is 5.78 Å². The van der Waals surface area contributed by atoms with Crippen molar-refractivity contribution in [3.05, 3.63) is 29.0 Å². The number of ketones is 1. The SMILES string of the molecule is CCOC(=O)c1oc2ccc3c(c2c1C)C(=O)CC1(CCC(C)CC1)O3. The van der Waals surface area contributed by atoms with Crippen LogP contribution in [0.15, 0.2) is 16.5 Å². The van der Waals surface area contributed by atoms with Gasteiger partial charge < -0.3 is 13.9 Å². The van der Waals surface area contributed by atoms with Crippen molar-refractivity contribution < 1.29 is 23.5 Å². The van der Waals surface area contributed by atoms with E-state index in [4.69, 9.17) is 13.9 Å². The first-order chi connectivity index (χ1) is 12.4. The summed E-state index contributed by atoms with van der Waals surface area (Å²) < 4.78 is 17.1. The molecule has 5 nitrogen and oxygen atoms in total. The highest BCUT2D eigenvalue weighted by Gasteiger charge is 2.43. The predicted molar refractivity (Wildman–Crippen MR) is 96.8 cm³/mol. The zero-order valence-electron chi connectivity index (χ0n) is 15.5. The fourth-order valence-electron chi connectivity index (χ4n) is 4.29. The minimum atomic E-state index is -0.503. The third-order valence-corrected chi connectivity index (χ3v) is 5.79. The van der Waals surface area contributed by atoms with Crippen LogP contribution in [-0.2, 0) is 4.74 Å². The Hall–Kier alpha value is -2.30. The van der Waals surface area contributed by atoms with Crippen molar-refractivity contribution >= 4 is 22.7 Å². The van der Waals surface area contributed by atoms with Crippen LogP contribution in [0.3, 0.4) is 0 Å². The zero-order chi connectivity index (χ0) is 18.5. The molecular weight excluding hydrogens is 332 g/mol. The van der Waals surface area contributed by atoms with Gasteiger partial charge in [0.05, 0.1) is 18.6 Å². The van der Waals surface area contributed by atoms with Gasteiger partial charge in [-0.15, -0.1) is 0 Å². The molecule has 2 aromatic rings. The maximum Gasteiger partial charge on any atom is 0.374 e. The summed E-state index contributed by atoms with van der Waals surface area (Å²) in [5.41, 5.74) is 1.34. The Morgan fingerprint density at radius 3 is 2.73 bits per heavy atom. The van der Waals surface area contributed by atoms with Gasteiger partial charge in [0, 0.05) is 10.9 Å². The van der Waals surface area contributed by atoms with Crippen molar-refractivity contribution in [2.45, 2.75) is 58.5 Å². The Balaban J connectivity index is 1.78. The van der Waals surface area contributed by atoms with Crippen LogP contribution in [0.4, 0.5) is 0 Å². The maximum atomic E-state index is 13.1. The van der Waals surface area contributed by atoms with Gasteiger partial charge in [0.2, 0.25) is 5.76 Å². The molecule has 138 valence electrons. The number of esters is 1. The summed E-state index contributed by atoms with van der Waals surface area (Å²) in [5, 5.41) is 0.676. The molecule has 1 aromatic heterocycles. The second-order valence-corrected chi connectivity index (χ2v) is 7.66. The van der Waals surface area contributed by atoms with Gasteiger partial charge in [-0.05, 0) is 57.6 Å². The van der Waals surface area contributed by atoms with Crippen molar-refractivity contribution in [3.8, 4) is 5.75 Å². The topological polar surface area (TPSA) is 65.7 Å². The van der Waals surface area contributed by atoms with E-state index < -0.39 is 5.97 Å². The van der Waals surface area contributed by atoms with Crippen molar-refractivity contribution in [2.24, 2.45) is 5.92 Å². The number of benzene rings is 1. The van der Waals surface area contributed by atoms with E-state index in [0.717, 1.165) is 25.7 Å². The Bertz CT molecular complexity index is 883. The van der Waals surface area contributed by atoms with Crippen molar-refractivity contribution in [3.63, 3.8) is 0 Å². The van der Waals surface area contributed by atoms with Crippen molar-refractivity contribution in [1.82, 2.24) is 0 Å². The lowest BCUT2D eigenvalue weighted by Gasteiger charge is -2.42. The number of hydrogen-bond acceptors (Lipinski definition) is 5. The highest BCUT2D eigenvalue weighted by atomic mass is 16.5. The second-order valence-electron chi connectivity index (χ2n) is 7.66. The summed E-state index contributed by atoms with van der Waals surface area (Å²) in [4.78, 5) is 25.2. The van der Waals surface area contributed by atoms with E-state index in [1.165, 1.54) is 0 Å². The highest BCUT2D eigenvalue weighted by molar-refractivity contribution is 6.13. The molecule has 0 radical (unpaired) electrons. The van der Waals surface area contributed by atoms with Crippen LogP contribution in [0.25, 0.3) is 11.0 Å². The Kier molecular flexibility index (Phi) is 4.05. The summed E-state index contributed by atoms with van der Waals surface area (Å²) >= 11 is 0. The Morgan fingerprint density at radius 1 is 1.31 bits per heavy atom. The minimum Gasteiger partial charge on any atom is -0.486 e. The molecule has 1 saturated carbocycles. The van der Waals surface area contributed by atoms with E-state index in [2.05, 4.69) is 6.92 Å². The lowest BCUT2D eigenvalue weighted by Crippen LogP contribution is -2.44. The van der Waals surface area contributed by atoms with Crippen LogP contribution >= 0.6 is 0 Å². The summed E-state index contributed by atoms with van der Waals surface area (Å²) in [6.07, 6.45) is 4.39. The molecule has 1 aliphatic carbocycles. The van der Waals surface area contributed by atoms with Crippen LogP contribution in [0.1, 0.15) is 72.4 Å². The average molecular weight is 356 g/mol. The molecule has 0 amide bonds. The fraction of sp³-hybridized carbons (Fsp3) is 0.524. The van der Waals surface area contributed by atoms with Gasteiger partial charge >= 0.3 is 5.97 Å². The van der Waals surface area contributed by atoms with Gasteiger partial charge in [-0.2, -0.15) is 0 Å². The van der Waals surface area contributed by atoms with Gasteiger partial charge in [-0.1, -0.05) is 6.92 Å². The van der Waals surface area contributed by atoms with Crippen LogP contribution in [0, 0.1) is 12.8 Å². The summed E-state index contributed by atoms with van der Waals surface area (Å²) in [6.45, 7) is 6.06. The van der Waals surface area contributed by atoms with E-state index in [-0.39, 0.29) is 23.8 Å². The maximum absolute atomic E-state index is 13.1. The molecule has 4 rings (SSSR count). The highest BCUT2D eigenvalue weighted by Crippen LogP contribution is 2.46. The molecular formula is C21H24O5. The van der Waals surface area contributed by atoms with Crippen molar-refractivity contribution in [1.29, 1.82) is 0 Å². The number of furan rings is 1. The standard InChI is InChI=1S/C21H24O5/c1-4-24-20(23)19-13(3)17-15(25-19)5-6-16-18(17)14(22)11-21(26-16)9-7-12(2)8-10-21/h5-6,12H,4,7-11H2,1-3H3. The quantitative estimate of drug-likeness (QED) is 0.721. The van der Waals surface area contributed by atoms with E-state index in [9.17, 15) is 9.59 Å². The van der Waals surface area contributed by atoms with Crippen LogP contribution in [0.5, 0.6) is 5.75 Å². The summed E-state index contributed by atoms with van der Waals surface area (Å²) in [7, 11) is 0. The molecule has 1 spiro atoms. The van der Waals surface area contributed by atoms with E-state index in [1.54, 1.807) is 26.0 Å². The molecule has 0 unspecified atom stereocenters. The van der Waals surface area contributed by atoms with Crippen LogP contribution in [0.2, 0.25) is 0 Å². The smallest absolute Gasteiger partial charge is 0.374 e. The van der Waals surface area contributed by atoms with E-state index >= 15 is 0 Å². The number of Topliss-reactive ketones (excluding diaryl/α,β-unsaturated/α-hetero) is 1. The number of ether oxygens (including phenoxy) is 2. The van der Waals surface area contributed by atoms with E-state index in [0.29, 0.717) is 40.2 Å². The molecule has 2 heterocycles. The van der Waals surface area contributed by atoms with E-state index in [1.807, 2.05) is 0 Å². The Morgan fingerprint density at radius 2 is 2.04 bits per heavy atom. The largest absolute Gasteiger partial charge is 0.486 e. The fourth-order valence-corrected chi connectivity index (χ4v) is 4.29. The normalized spacial score (nSPS) is 25.2. The molecule has 26 heavy (non-hydrogen) atoms. The molecule has 0 atom stereocenters. The third-order valence-electron chi connectivity index (χ3n) is 5.79. The number of rotatable bonds is 2. The molecule has 1 fully saturated rings. The van der Waals surface area contributed by atoms with Gasteiger partial charge in [-0.3, -0.25) is 4.79 Å². The first kappa shape index (κ1) is 17.1. The average Bonchev–Trinajstić information content (AvgIpc) is 2.95. The predicted octanol–water partition coefficient (Wildman–Crippen LogP) is 4.83. The summed E-state index contributed by atoms with van der Waals surface area (Å²) in [5.74, 6) is 1.03. The molecule has 0 bridgehead atoms. The molecule has 0 saturated heterocycles. The zero-order valence-corrected chi connectivity index (χ0v) is 15.5. The van der Waals surface area contributed by atoms with Gasteiger partial charge in [0.25, 0.3) is 0 Å². The monoisotopic (exact) mass is 356 g/mol. The van der Waals surface area contributed by atoms with Gasteiger partial charge in [0.1, 0.15) is 16.9 Å². The summed E-state index contributed by atoms with van der Waals surface area (Å²) in [6, 6.07) is 3.58. The molecule has 1 aliphatic heterocycles. The Labute approximate surface area is 152 Å². The van der Waals surface area contributed by atoms with Crippen LogP contribution in [-0.4, -0.2) is 24.0 Å². The number of fused-ring (bicyclic) bond motifs is 3. The number of aryl methyl sites for hydroxylation is 1. The molecule has 5 heteroatoms. The third kappa shape index (κ3) is 2.61. The first-order valence-corrected chi connectivity index (χ1v) is 9.39. The van der Waals surface area contributed by atoms with Crippen LogP contribution < -0.4 is 4.74 Å². The molecule has 1 aromatic carbocycles. The number of carbonyl (C=O) groups is 2. The number of carbonyl (C=O) groups excluding carboxylic acids is 2.